The van der Waals surface area contributed by atoms with Crippen LogP contribution in [-0.4, -0.2) is 46.4 Å². The molecule has 1 saturated carbocycles. The average Bonchev–Trinajstić information content (AvgIpc) is 3.21. The van der Waals surface area contributed by atoms with Crippen molar-refractivity contribution in [1.29, 1.82) is 0 Å². The van der Waals surface area contributed by atoms with E-state index in [0.717, 1.165) is 55.8 Å². The molecule has 6 heteroatoms. The number of benzene rings is 1. The molecule has 3 aromatic rings. The number of nitrogens with zero attached hydrogens (tertiary/aromatic N) is 3. The number of hydrogen-bond acceptors (Lipinski definition) is 6. The molecule has 2 aliphatic rings. The maximum absolute atomic E-state index is 10.3. The van der Waals surface area contributed by atoms with Crippen molar-refractivity contribution in [3.05, 3.63) is 42.0 Å². The summed E-state index contributed by atoms with van der Waals surface area (Å²) in [7, 11) is 0. The van der Waals surface area contributed by atoms with Crippen LogP contribution in [0, 0.1) is 0 Å². The highest BCUT2D eigenvalue weighted by Gasteiger charge is 2.28. The third-order valence-corrected chi connectivity index (χ3v) is 7.30. The first-order valence-electron chi connectivity index (χ1n) is 10.8. The van der Waals surface area contributed by atoms with Gasteiger partial charge in [-0.2, -0.15) is 0 Å². The summed E-state index contributed by atoms with van der Waals surface area (Å²) < 4.78 is 0. The number of thiophene rings is 1. The molecule has 2 fully saturated rings. The van der Waals surface area contributed by atoms with Crippen LogP contribution in [-0.2, 0) is 0 Å². The lowest BCUT2D eigenvalue weighted by atomic mass is 9.91. The topological polar surface area (TPSA) is 61.3 Å². The van der Waals surface area contributed by atoms with E-state index in [-0.39, 0.29) is 12.1 Å². The molecule has 1 saturated heterocycles. The number of aliphatic hydroxyl groups excluding tert-OH is 1. The highest BCUT2D eigenvalue weighted by molar-refractivity contribution is 7.17. The highest BCUT2D eigenvalue weighted by atomic mass is 32.1. The Balaban J connectivity index is 1.34. The van der Waals surface area contributed by atoms with Gasteiger partial charge >= 0.3 is 0 Å². The normalized spacial score (nSPS) is 23.6. The molecule has 1 aliphatic carbocycles. The Morgan fingerprint density at radius 3 is 2.59 bits per heavy atom. The molecule has 152 valence electrons. The first-order chi connectivity index (χ1) is 14.3. The fourth-order valence-corrected chi connectivity index (χ4v) is 5.71. The van der Waals surface area contributed by atoms with Gasteiger partial charge in [0.2, 0.25) is 0 Å². The Morgan fingerprint density at radius 1 is 1.00 bits per heavy atom. The molecule has 2 aromatic heterocycles. The van der Waals surface area contributed by atoms with E-state index < -0.39 is 0 Å². The summed E-state index contributed by atoms with van der Waals surface area (Å²) in [6.45, 7) is 1.97. The van der Waals surface area contributed by atoms with Crippen LogP contribution in [0.4, 0.5) is 5.82 Å². The lowest BCUT2D eigenvalue weighted by Crippen LogP contribution is -2.51. The number of rotatable bonds is 4. The number of aromatic nitrogens is 2. The fraction of sp³-hybridized carbons (Fsp3) is 0.478. The summed E-state index contributed by atoms with van der Waals surface area (Å²) in [5, 5.41) is 17.4. The molecule has 2 unspecified atom stereocenters. The van der Waals surface area contributed by atoms with Crippen molar-refractivity contribution in [1.82, 2.24) is 15.3 Å². The van der Waals surface area contributed by atoms with Crippen molar-refractivity contribution >= 4 is 27.4 Å². The predicted octanol–water partition coefficient (Wildman–Crippen LogP) is 4.22. The zero-order valence-corrected chi connectivity index (χ0v) is 17.4. The highest BCUT2D eigenvalue weighted by Crippen LogP contribution is 2.38. The van der Waals surface area contributed by atoms with Crippen LogP contribution in [0.3, 0.4) is 0 Å². The van der Waals surface area contributed by atoms with Crippen molar-refractivity contribution in [2.24, 2.45) is 0 Å². The van der Waals surface area contributed by atoms with Gasteiger partial charge in [-0.3, -0.25) is 0 Å². The molecule has 2 atom stereocenters. The second-order valence-corrected chi connectivity index (χ2v) is 9.14. The minimum Gasteiger partial charge on any atom is -0.392 e. The summed E-state index contributed by atoms with van der Waals surface area (Å²) in [6, 6.07) is 11.3. The maximum Gasteiger partial charge on any atom is 0.141 e. The lowest BCUT2D eigenvalue weighted by Gasteiger charge is -2.37. The van der Waals surface area contributed by atoms with Crippen LogP contribution < -0.4 is 10.2 Å². The van der Waals surface area contributed by atoms with Gasteiger partial charge in [-0.05, 0) is 31.2 Å². The van der Waals surface area contributed by atoms with Gasteiger partial charge in [0.25, 0.3) is 0 Å². The van der Waals surface area contributed by atoms with E-state index in [1.54, 1.807) is 17.7 Å². The van der Waals surface area contributed by atoms with Gasteiger partial charge in [0.1, 0.15) is 17.0 Å². The largest absolute Gasteiger partial charge is 0.392 e. The first-order valence-corrected chi connectivity index (χ1v) is 11.6. The predicted molar refractivity (Wildman–Crippen MR) is 119 cm³/mol. The van der Waals surface area contributed by atoms with Crippen molar-refractivity contribution < 1.29 is 5.11 Å². The molecule has 1 aromatic carbocycles. The van der Waals surface area contributed by atoms with Crippen molar-refractivity contribution in [2.45, 2.75) is 56.7 Å². The SMILES string of the molecule is OC1CCCCC1NC1CCN(c2ncnc3scc(-c4ccccc4)c23)CC1. The van der Waals surface area contributed by atoms with Gasteiger partial charge in [-0.1, -0.05) is 43.2 Å². The van der Waals surface area contributed by atoms with E-state index in [1.807, 2.05) is 0 Å². The molecule has 0 amide bonds. The smallest absolute Gasteiger partial charge is 0.141 e. The van der Waals surface area contributed by atoms with Gasteiger partial charge in [0, 0.05) is 36.1 Å². The number of hydrogen-bond donors (Lipinski definition) is 2. The standard InChI is InChI=1S/C23H28N4OS/c28-20-9-5-4-8-19(20)26-17-10-12-27(13-11-17)22-21-18(16-6-2-1-3-7-16)14-29-23(21)25-15-24-22/h1-3,6-7,14-15,17,19-20,26,28H,4-5,8-13H2. The van der Waals surface area contributed by atoms with Gasteiger partial charge in [-0.15, -0.1) is 11.3 Å². The Kier molecular flexibility index (Phi) is 5.48. The molecular weight excluding hydrogens is 380 g/mol. The van der Waals surface area contributed by atoms with E-state index in [4.69, 9.17) is 4.98 Å². The van der Waals surface area contributed by atoms with E-state index in [0.29, 0.717) is 6.04 Å². The second-order valence-electron chi connectivity index (χ2n) is 8.28. The summed E-state index contributed by atoms with van der Waals surface area (Å²) in [4.78, 5) is 12.7. The molecule has 5 nitrogen and oxygen atoms in total. The van der Waals surface area contributed by atoms with Crippen molar-refractivity contribution in [3.63, 3.8) is 0 Å². The number of anilines is 1. The Labute approximate surface area is 175 Å². The number of nitrogens with one attached hydrogen (secondary N) is 1. The Hall–Kier alpha value is -2.02. The van der Waals surface area contributed by atoms with E-state index >= 15 is 0 Å². The zero-order valence-electron chi connectivity index (χ0n) is 16.6. The van der Waals surface area contributed by atoms with Crippen LogP contribution in [0.15, 0.2) is 42.0 Å². The first kappa shape index (κ1) is 19.0. The quantitative estimate of drug-likeness (QED) is 0.677. The summed E-state index contributed by atoms with van der Waals surface area (Å²) in [6.07, 6.45) is 8.12. The number of aliphatic hydroxyl groups is 1. The van der Waals surface area contributed by atoms with Crippen molar-refractivity contribution in [2.75, 3.05) is 18.0 Å². The van der Waals surface area contributed by atoms with Crippen LogP contribution in [0.1, 0.15) is 38.5 Å². The van der Waals surface area contributed by atoms with Gasteiger partial charge in [-0.25, -0.2) is 9.97 Å². The zero-order chi connectivity index (χ0) is 19.6. The Bertz CT molecular complexity index is 952. The minimum absolute atomic E-state index is 0.178. The fourth-order valence-electron chi connectivity index (χ4n) is 4.80. The maximum atomic E-state index is 10.3. The molecule has 0 bridgehead atoms. The Morgan fingerprint density at radius 2 is 1.79 bits per heavy atom. The monoisotopic (exact) mass is 408 g/mol. The third kappa shape index (κ3) is 3.89. The van der Waals surface area contributed by atoms with Gasteiger partial charge in [0.15, 0.2) is 0 Å². The molecule has 2 N–H and O–H groups in total. The molecule has 0 spiro atoms. The molecule has 29 heavy (non-hydrogen) atoms. The van der Waals surface area contributed by atoms with Crippen molar-refractivity contribution in [3.8, 4) is 11.1 Å². The van der Waals surface area contributed by atoms with E-state index in [2.05, 4.69) is 50.9 Å². The van der Waals surface area contributed by atoms with Gasteiger partial charge in [0.05, 0.1) is 11.5 Å². The molecule has 3 heterocycles. The number of fused-ring (bicyclic) bond motifs is 1. The van der Waals surface area contributed by atoms with E-state index in [1.165, 1.54) is 22.9 Å². The lowest BCUT2D eigenvalue weighted by molar-refractivity contribution is 0.0828. The molecule has 5 rings (SSSR count). The van der Waals surface area contributed by atoms with Crippen LogP contribution in [0.2, 0.25) is 0 Å². The second kappa shape index (κ2) is 8.38. The summed E-state index contributed by atoms with van der Waals surface area (Å²) >= 11 is 1.69. The molecule has 0 radical (unpaired) electrons. The van der Waals surface area contributed by atoms with Crippen LogP contribution in [0.25, 0.3) is 21.3 Å². The molecule has 1 aliphatic heterocycles. The molecular formula is C23H28N4OS. The third-order valence-electron chi connectivity index (χ3n) is 6.41. The van der Waals surface area contributed by atoms with Gasteiger partial charge < -0.3 is 15.3 Å². The summed E-state index contributed by atoms with van der Waals surface area (Å²) in [5.41, 5.74) is 2.45. The average molecular weight is 409 g/mol. The summed E-state index contributed by atoms with van der Waals surface area (Å²) in [5.74, 6) is 1.06. The van der Waals surface area contributed by atoms with Crippen LogP contribution >= 0.6 is 11.3 Å². The van der Waals surface area contributed by atoms with Crippen LogP contribution in [0.5, 0.6) is 0 Å². The minimum atomic E-state index is -0.178. The number of piperidine rings is 1. The van der Waals surface area contributed by atoms with E-state index in [9.17, 15) is 5.11 Å².